The second-order valence-electron chi connectivity index (χ2n) is 4.42. The summed E-state index contributed by atoms with van der Waals surface area (Å²) in [7, 11) is 0. The molecule has 2 rings (SSSR count). The third kappa shape index (κ3) is 5.03. The van der Waals surface area contributed by atoms with Crippen LogP contribution in [-0.4, -0.2) is 18.0 Å². The van der Waals surface area contributed by atoms with Crippen molar-refractivity contribution in [1.82, 2.24) is 10.7 Å². The van der Waals surface area contributed by atoms with E-state index in [2.05, 4.69) is 15.8 Å². The molecule has 0 atom stereocenters. The Morgan fingerprint density at radius 1 is 1.00 bits per heavy atom. The molecule has 2 N–H and O–H groups in total. The molecule has 0 saturated heterocycles. The van der Waals surface area contributed by atoms with Gasteiger partial charge in [-0.1, -0.05) is 54.1 Å². The van der Waals surface area contributed by atoms with Crippen LogP contribution in [0.2, 0.25) is 5.02 Å². The summed E-state index contributed by atoms with van der Waals surface area (Å²) in [4.78, 5) is 23.1. The average molecular weight is 316 g/mol. The normalized spacial score (nSPS) is 10.4. The number of hydrazone groups is 1. The fourth-order valence-corrected chi connectivity index (χ4v) is 1.75. The highest BCUT2D eigenvalue weighted by molar-refractivity contribution is 6.35. The molecule has 0 radical (unpaired) electrons. The molecule has 0 aliphatic rings. The number of hydrogen-bond donors (Lipinski definition) is 2. The van der Waals surface area contributed by atoms with E-state index >= 15 is 0 Å². The van der Waals surface area contributed by atoms with Crippen LogP contribution in [0.15, 0.2) is 59.7 Å². The van der Waals surface area contributed by atoms with Gasteiger partial charge in [0.25, 0.3) is 0 Å². The molecule has 6 heteroatoms. The van der Waals surface area contributed by atoms with Crippen molar-refractivity contribution in [2.24, 2.45) is 5.10 Å². The van der Waals surface area contributed by atoms with Crippen molar-refractivity contribution in [3.63, 3.8) is 0 Å². The predicted molar refractivity (Wildman–Crippen MR) is 85.5 cm³/mol. The molecule has 22 heavy (non-hydrogen) atoms. The van der Waals surface area contributed by atoms with Crippen molar-refractivity contribution in [3.8, 4) is 0 Å². The fourth-order valence-electron chi connectivity index (χ4n) is 1.62. The molecule has 0 unspecified atom stereocenters. The molecule has 5 nitrogen and oxygen atoms in total. The smallest absolute Gasteiger partial charge is 0.329 e. The fraction of sp³-hybridized carbons (Fsp3) is 0.0625. The van der Waals surface area contributed by atoms with Gasteiger partial charge in [0.2, 0.25) is 0 Å². The van der Waals surface area contributed by atoms with Crippen LogP contribution in [0.1, 0.15) is 11.1 Å². The first-order valence-electron chi connectivity index (χ1n) is 6.56. The number of carbonyl (C=O) groups is 2. The van der Waals surface area contributed by atoms with Gasteiger partial charge in [0.05, 0.1) is 6.21 Å². The van der Waals surface area contributed by atoms with Crippen molar-refractivity contribution in [1.29, 1.82) is 0 Å². The van der Waals surface area contributed by atoms with Gasteiger partial charge in [-0.25, -0.2) is 5.43 Å². The van der Waals surface area contributed by atoms with Crippen molar-refractivity contribution in [3.05, 3.63) is 70.7 Å². The second kappa shape index (κ2) is 7.95. The van der Waals surface area contributed by atoms with E-state index in [1.54, 1.807) is 24.3 Å². The maximum Gasteiger partial charge on any atom is 0.329 e. The minimum Gasteiger partial charge on any atom is -0.344 e. The van der Waals surface area contributed by atoms with Crippen LogP contribution in [-0.2, 0) is 16.1 Å². The van der Waals surface area contributed by atoms with Gasteiger partial charge >= 0.3 is 11.8 Å². The molecule has 0 bridgehead atoms. The lowest BCUT2D eigenvalue weighted by molar-refractivity contribution is -0.139. The Morgan fingerprint density at radius 2 is 1.68 bits per heavy atom. The number of nitrogens with zero attached hydrogens (tertiary/aromatic N) is 1. The van der Waals surface area contributed by atoms with Gasteiger partial charge in [0, 0.05) is 11.6 Å². The number of benzene rings is 2. The monoisotopic (exact) mass is 315 g/mol. The lowest BCUT2D eigenvalue weighted by Crippen LogP contribution is -2.37. The Labute approximate surface area is 133 Å². The Morgan fingerprint density at radius 3 is 2.36 bits per heavy atom. The predicted octanol–water partition coefficient (Wildman–Crippen LogP) is 2.11. The van der Waals surface area contributed by atoms with E-state index in [9.17, 15) is 9.59 Å². The van der Waals surface area contributed by atoms with Gasteiger partial charge in [-0.05, 0) is 23.3 Å². The van der Waals surface area contributed by atoms with Crippen molar-refractivity contribution < 1.29 is 9.59 Å². The maximum absolute atomic E-state index is 11.6. The minimum absolute atomic E-state index is 0.286. The zero-order chi connectivity index (χ0) is 15.8. The van der Waals surface area contributed by atoms with Gasteiger partial charge < -0.3 is 5.32 Å². The molecule has 0 spiro atoms. The number of nitrogens with one attached hydrogen (secondary N) is 2. The Hall–Kier alpha value is -2.66. The molecule has 0 aliphatic heterocycles. The summed E-state index contributed by atoms with van der Waals surface area (Å²) in [5, 5.41) is 6.84. The largest absolute Gasteiger partial charge is 0.344 e. The van der Waals surface area contributed by atoms with Crippen LogP contribution in [0.5, 0.6) is 0 Å². The van der Waals surface area contributed by atoms with E-state index < -0.39 is 11.8 Å². The summed E-state index contributed by atoms with van der Waals surface area (Å²) in [5.41, 5.74) is 3.84. The summed E-state index contributed by atoms with van der Waals surface area (Å²) < 4.78 is 0. The number of halogens is 1. The Bertz CT molecular complexity index is 670. The number of hydrogen-bond acceptors (Lipinski definition) is 3. The highest BCUT2D eigenvalue weighted by Crippen LogP contribution is 2.07. The second-order valence-corrected chi connectivity index (χ2v) is 4.86. The molecular weight excluding hydrogens is 302 g/mol. The molecule has 112 valence electrons. The highest BCUT2D eigenvalue weighted by atomic mass is 35.5. The third-order valence-electron chi connectivity index (χ3n) is 2.75. The Balaban J connectivity index is 1.79. The summed E-state index contributed by atoms with van der Waals surface area (Å²) in [6, 6.07) is 16.2. The zero-order valence-corrected chi connectivity index (χ0v) is 12.4. The number of carbonyl (C=O) groups excluding carboxylic acids is 2. The molecule has 2 amide bonds. The van der Waals surface area contributed by atoms with Crippen LogP contribution in [0, 0.1) is 0 Å². The molecular formula is C16H14ClN3O2. The van der Waals surface area contributed by atoms with Crippen LogP contribution in [0.25, 0.3) is 0 Å². The van der Waals surface area contributed by atoms with E-state index in [1.807, 2.05) is 30.3 Å². The van der Waals surface area contributed by atoms with Crippen LogP contribution in [0.4, 0.5) is 0 Å². The van der Waals surface area contributed by atoms with E-state index in [0.29, 0.717) is 5.02 Å². The van der Waals surface area contributed by atoms with Gasteiger partial charge in [-0.3, -0.25) is 9.59 Å². The number of rotatable bonds is 4. The van der Waals surface area contributed by atoms with Crippen LogP contribution >= 0.6 is 11.6 Å². The zero-order valence-electron chi connectivity index (χ0n) is 11.6. The molecule has 0 heterocycles. The van der Waals surface area contributed by atoms with E-state index in [1.165, 1.54) is 6.21 Å². The van der Waals surface area contributed by atoms with Gasteiger partial charge in [-0.15, -0.1) is 0 Å². The van der Waals surface area contributed by atoms with Gasteiger partial charge in [0.15, 0.2) is 0 Å². The quantitative estimate of drug-likeness (QED) is 0.515. The van der Waals surface area contributed by atoms with E-state index in [4.69, 9.17) is 11.6 Å². The Kier molecular flexibility index (Phi) is 5.68. The average Bonchev–Trinajstić information content (AvgIpc) is 2.55. The summed E-state index contributed by atoms with van der Waals surface area (Å²) in [6.07, 6.45) is 1.43. The molecule has 2 aromatic rings. The first-order valence-corrected chi connectivity index (χ1v) is 6.93. The van der Waals surface area contributed by atoms with Crippen molar-refractivity contribution in [2.75, 3.05) is 0 Å². The maximum atomic E-state index is 11.6. The third-order valence-corrected chi connectivity index (χ3v) is 3.00. The SMILES string of the molecule is O=C(NCc1ccccc1)C(=O)N/N=C\c1ccc(Cl)cc1. The summed E-state index contributed by atoms with van der Waals surface area (Å²) in [5.74, 6) is -1.56. The molecule has 0 saturated carbocycles. The van der Waals surface area contributed by atoms with Crippen LogP contribution < -0.4 is 10.7 Å². The highest BCUT2D eigenvalue weighted by Gasteiger charge is 2.11. The van der Waals surface area contributed by atoms with Gasteiger partial charge in [-0.2, -0.15) is 5.10 Å². The first-order chi connectivity index (χ1) is 10.6. The molecule has 2 aromatic carbocycles. The molecule has 0 aromatic heterocycles. The summed E-state index contributed by atoms with van der Waals surface area (Å²) in [6.45, 7) is 0.286. The standard InChI is InChI=1S/C16H14ClN3O2/c17-14-8-6-13(7-9-14)11-19-20-16(22)15(21)18-10-12-4-2-1-3-5-12/h1-9,11H,10H2,(H,18,21)(H,20,22)/b19-11-. The van der Waals surface area contributed by atoms with Crippen molar-refractivity contribution >= 4 is 29.6 Å². The van der Waals surface area contributed by atoms with E-state index in [-0.39, 0.29) is 6.54 Å². The minimum atomic E-state index is -0.818. The van der Waals surface area contributed by atoms with E-state index in [0.717, 1.165) is 11.1 Å². The van der Waals surface area contributed by atoms with Crippen LogP contribution in [0.3, 0.4) is 0 Å². The number of amides is 2. The molecule has 0 aliphatic carbocycles. The first kappa shape index (κ1) is 15.7. The van der Waals surface area contributed by atoms with Crippen molar-refractivity contribution in [2.45, 2.75) is 6.54 Å². The lowest BCUT2D eigenvalue weighted by atomic mass is 10.2. The summed E-state index contributed by atoms with van der Waals surface area (Å²) >= 11 is 5.76. The topological polar surface area (TPSA) is 70.6 Å². The lowest BCUT2D eigenvalue weighted by Gasteiger charge is -2.03. The molecule has 0 fully saturated rings. The van der Waals surface area contributed by atoms with Gasteiger partial charge in [0.1, 0.15) is 0 Å².